The number of carbonyl (C=O) groups excluding carboxylic acids is 1. The molecule has 0 bridgehead atoms. The van der Waals surface area contributed by atoms with Crippen molar-refractivity contribution in [2.24, 2.45) is 0 Å². The molecule has 3 nitrogen and oxygen atoms in total. The lowest BCUT2D eigenvalue weighted by atomic mass is 10.1. The van der Waals surface area contributed by atoms with Gasteiger partial charge in [0.1, 0.15) is 0 Å². The van der Waals surface area contributed by atoms with E-state index in [1.54, 1.807) is 0 Å². The van der Waals surface area contributed by atoms with Gasteiger partial charge in [-0.25, -0.2) is 9.18 Å². The van der Waals surface area contributed by atoms with Gasteiger partial charge in [0.15, 0.2) is 5.82 Å². The quantitative estimate of drug-likeness (QED) is 0.593. The van der Waals surface area contributed by atoms with Gasteiger partial charge in [0.05, 0.1) is 39.6 Å². The van der Waals surface area contributed by atoms with Gasteiger partial charge < -0.3 is 4.74 Å². The van der Waals surface area contributed by atoms with Crippen LogP contribution in [0.15, 0.2) is 24.4 Å². The first-order valence-electron chi connectivity index (χ1n) is 5.33. The van der Waals surface area contributed by atoms with Crippen molar-refractivity contribution in [1.29, 1.82) is 0 Å². The molecule has 0 N–H and O–H groups in total. The smallest absolute Gasteiger partial charge is 0.340 e. The minimum atomic E-state index is -0.819. The Labute approximate surface area is 129 Å². The molecule has 0 unspecified atom stereocenters. The van der Waals surface area contributed by atoms with Crippen LogP contribution in [0.2, 0.25) is 15.1 Å². The van der Waals surface area contributed by atoms with Crippen molar-refractivity contribution in [3.05, 3.63) is 50.8 Å². The number of hydrogen-bond acceptors (Lipinski definition) is 3. The summed E-state index contributed by atoms with van der Waals surface area (Å²) in [5, 5.41) is 0.736. The average molecular weight is 335 g/mol. The van der Waals surface area contributed by atoms with Crippen molar-refractivity contribution in [3.8, 4) is 11.3 Å². The maximum Gasteiger partial charge on any atom is 0.340 e. The maximum atomic E-state index is 13.5. The molecule has 0 fully saturated rings. The van der Waals surface area contributed by atoms with E-state index in [0.717, 1.165) is 13.3 Å². The SMILES string of the molecule is COC(=O)c1cc(-c2c(Cl)ccc(Cl)c2Cl)ncc1F. The van der Waals surface area contributed by atoms with Crippen molar-refractivity contribution >= 4 is 40.8 Å². The van der Waals surface area contributed by atoms with E-state index in [-0.39, 0.29) is 26.3 Å². The number of halogens is 4. The highest BCUT2D eigenvalue weighted by atomic mass is 35.5. The van der Waals surface area contributed by atoms with Crippen LogP contribution >= 0.6 is 34.8 Å². The third kappa shape index (κ3) is 2.73. The monoisotopic (exact) mass is 333 g/mol. The van der Waals surface area contributed by atoms with Crippen LogP contribution in [-0.2, 0) is 4.74 Å². The molecule has 0 saturated carbocycles. The molecule has 2 aromatic rings. The van der Waals surface area contributed by atoms with E-state index >= 15 is 0 Å². The van der Waals surface area contributed by atoms with Crippen LogP contribution in [-0.4, -0.2) is 18.1 Å². The molecule has 0 saturated heterocycles. The largest absolute Gasteiger partial charge is 0.465 e. The summed E-state index contributed by atoms with van der Waals surface area (Å²) >= 11 is 18.0. The predicted octanol–water partition coefficient (Wildman–Crippen LogP) is 4.63. The summed E-state index contributed by atoms with van der Waals surface area (Å²) in [6.45, 7) is 0. The summed E-state index contributed by atoms with van der Waals surface area (Å²) < 4.78 is 18.0. The molecule has 7 heteroatoms. The molecule has 0 aliphatic heterocycles. The number of ether oxygens (including phenoxy) is 1. The molecular formula is C13H7Cl3FNO2. The molecule has 20 heavy (non-hydrogen) atoms. The molecule has 0 spiro atoms. The second-order valence-electron chi connectivity index (χ2n) is 3.76. The fraction of sp³-hybridized carbons (Fsp3) is 0.0769. The number of esters is 1. The van der Waals surface area contributed by atoms with Gasteiger partial charge in [-0.15, -0.1) is 0 Å². The van der Waals surface area contributed by atoms with E-state index in [9.17, 15) is 9.18 Å². The fourth-order valence-electron chi connectivity index (χ4n) is 1.60. The number of methoxy groups -OCH3 is 1. The maximum absolute atomic E-state index is 13.5. The number of rotatable bonds is 2. The Balaban J connectivity index is 2.66. The molecule has 0 atom stereocenters. The van der Waals surface area contributed by atoms with Crippen LogP contribution in [0.1, 0.15) is 10.4 Å². The van der Waals surface area contributed by atoms with Crippen LogP contribution in [0.25, 0.3) is 11.3 Å². The number of aromatic nitrogens is 1. The summed E-state index contributed by atoms with van der Waals surface area (Å²) in [5.74, 6) is -1.62. The fourth-order valence-corrected chi connectivity index (χ4v) is 2.33. The molecule has 1 aromatic heterocycles. The van der Waals surface area contributed by atoms with Gasteiger partial charge in [0, 0.05) is 5.56 Å². The highest BCUT2D eigenvalue weighted by Crippen LogP contribution is 2.38. The zero-order chi connectivity index (χ0) is 14.9. The lowest BCUT2D eigenvalue weighted by Gasteiger charge is -2.09. The van der Waals surface area contributed by atoms with Crippen molar-refractivity contribution < 1.29 is 13.9 Å². The lowest BCUT2D eigenvalue weighted by molar-refractivity contribution is 0.0595. The van der Waals surface area contributed by atoms with Crippen LogP contribution < -0.4 is 0 Å². The van der Waals surface area contributed by atoms with Crippen molar-refractivity contribution in [1.82, 2.24) is 4.98 Å². The molecule has 0 amide bonds. The first-order valence-corrected chi connectivity index (χ1v) is 6.46. The molecular weight excluding hydrogens is 328 g/mol. The van der Waals surface area contributed by atoms with Gasteiger partial charge in [-0.2, -0.15) is 0 Å². The Morgan fingerprint density at radius 1 is 1.25 bits per heavy atom. The molecule has 1 heterocycles. The lowest BCUT2D eigenvalue weighted by Crippen LogP contribution is -2.05. The van der Waals surface area contributed by atoms with Gasteiger partial charge in [0.25, 0.3) is 0 Å². The normalized spacial score (nSPS) is 10.4. The Kier molecular flexibility index (Phi) is 4.48. The highest BCUT2D eigenvalue weighted by molar-refractivity contribution is 6.46. The first kappa shape index (κ1) is 15.0. The first-order chi connectivity index (χ1) is 9.45. The number of nitrogens with zero attached hydrogens (tertiary/aromatic N) is 1. The third-order valence-corrected chi connectivity index (χ3v) is 3.68. The van der Waals surface area contributed by atoms with E-state index in [0.29, 0.717) is 5.56 Å². The predicted molar refractivity (Wildman–Crippen MR) is 76.0 cm³/mol. The Hall–Kier alpha value is -1.36. The van der Waals surface area contributed by atoms with Gasteiger partial charge in [0.2, 0.25) is 0 Å². The minimum Gasteiger partial charge on any atom is -0.465 e. The van der Waals surface area contributed by atoms with E-state index in [1.165, 1.54) is 18.2 Å². The van der Waals surface area contributed by atoms with E-state index in [2.05, 4.69) is 9.72 Å². The van der Waals surface area contributed by atoms with Crippen molar-refractivity contribution in [3.63, 3.8) is 0 Å². The Morgan fingerprint density at radius 2 is 1.90 bits per heavy atom. The standard InChI is InChI=1S/C13H7Cl3FNO2/c1-20-13(19)6-4-10(18-5-9(6)17)11-7(14)2-3-8(15)12(11)16/h2-5H,1H3. The number of benzene rings is 1. The highest BCUT2D eigenvalue weighted by Gasteiger charge is 2.18. The van der Waals surface area contributed by atoms with Crippen LogP contribution in [0.3, 0.4) is 0 Å². The summed E-state index contributed by atoms with van der Waals surface area (Å²) in [6, 6.07) is 4.28. The molecule has 0 radical (unpaired) electrons. The minimum absolute atomic E-state index is 0.175. The van der Waals surface area contributed by atoms with Crippen molar-refractivity contribution in [2.45, 2.75) is 0 Å². The van der Waals surface area contributed by atoms with Gasteiger partial charge in [-0.05, 0) is 18.2 Å². The van der Waals surface area contributed by atoms with Crippen LogP contribution in [0, 0.1) is 5.82 Å². The number of pyridine rings is 1. The summed E-state index contributed by atoms with van der Waals surface area (Å²) in [5.41, 5.74) is 0.292. The Bertz CT molecular complexity index is 692. The number of carbonyl (C=O) groups is 1. The summed E-state index contributed by atoms with van der Waals surface area (Å²) in [6.07, 6.45) is 0.898. The van der Waals surface area contributed by atoms with E-state index < -0.39 is 11.8 Å². The van der Waals surface area contributed by atoms with Gasteiger partial charge in [-0.1, -0.05) is 34.8 Å². The second kappa shape index (κ2) is 5.95. The van der Waals surface area contributed by atoms with Gasteiger partial charge >= 0.3 is 5.97 Å². The molecule has 104 valence electrons. The molecule has 2 rings (SSSR count). The topological polar surface area (TPSA) is 39.2 Å². The third-order valence-electron chi connectivity index (χ3n) is 2.56. The van der Waals surface area contributed by atoms with Crippen LogP contribution in [0.5, 0.6) is 0 Å². The molecule has 0 aliphatic carbocycles. The summed E-state index contributed by atoms with van der Waals surface area (Å²) in [4.78, 5) is 15.4. The zero-order valence-corrected chi connectivity index (χ0v) is 12.4. The van der Waals surface area contributed by atoms with Crippen molar-refractivity contribution in [2.75, 3.05) is 7.11 Å². The zero-order valence-electron chi connectivity index (χ0n) is 10.1. The second-order valence-corrected chi connectivity index (χ2v) is 4.95. The summed E-state index contributed by atoms with van der Waals surface area (Å²) in [7, 11) is 1.15. The van der Waals surface area contributed by atoms with E-state index in [1.807, 2.05) is 0 Å². The molecule has 1 aromatic carbocycles. The van der Waals surface area contributed by atoms with Crippen LogP contribution in [0.4, 0.5) is 4.39 Å². The van der Waals surface area contributed by atoms with E-state index in [4.69, 9.17) is 34.8 Å². The molecule has 0 aliphatic rings. The average Bonchev–Trinajstić information content (AvgIpc) is 2.44. The Morgan fingerprint density at radius 3 is 2.55 bits per heavy atom. The van der Waals surface area contributed by atoms with Gasteiger partial charge in [-0.3, -0.25) is 4.98 Å². The number of hydrogen-bond donors (Lipinski definition) is 0.